The molecule has 1 aliphatic rings. The molecule has 0 radical (unpaired) electrons. The highest BCUT2D eigenvalue weighted by Gasteiger charge is 2.39. The molecular formula is C38H27N. The molecule has 0 spiro atoms. The van der Waals surface area contributed by atoms with Gasteiger partial charge in [0.05, 0.1) is 5.69 Å². The molecule has 1 heteroatoms. The van der Waals surface area contributed by atoms with E-state index in [9.17, 15) is 0 Å². The predicted octanol–water partition coefficient (Wildman–Crippen LogP) is 10.2. The molecule has 6 aromatic carbocycles. The van der Waals surface area contributed by atoms with Crippen molar-refractivity contribution in [1.82, 2.24) is 4.98 Å². The molecule has 0 aliphatic heterocycles. The summed E-state index contributed by atoms with van der Waals surface area (Å²) in [5.74, 6) is 0. The van der Waals surface area contributed by atoms with E-state index in [1.165, 1.54) is 65.7 Å². The van der Waals surface area contributed by atoms with Gasteiger partial charge in [-0.2, -0.15) is 0 Å². The van der Waals surface area contributed by atoms with E-state index in [0.29, 0.717) is 0 Å². The van der Waals surface area contributed by atoms with E-state index in [0.717, 1.165) is 11.3 Å². The Bertz CT molecular complexity index is 2070. The van der Waals surface area contributed by atoms with E-state index < -0.39 is 0 Å². The summed E-state index contributed by atoms with van der Waals surface area (Å²) in [6.45, 7) is 4.81. The van der Waals surface area contributed by atoms with Crippen molar-refractivity contribution in [2.45, 2.75) is 19.3 Å². The smallest absolute Gasteiger partial charge is 0.0701 e. The van der Waals surface area contributed by atoms with Crippen LogP contribution < -0.4 is 0 Å². The lowest BCUT2D eigenvalue weighted by atomic mass is 9.77. The number of hydrogen-bond acceptors (Lipinski definition) is 1. The molecule has 184 valence electrons. The largest absolute Gasteiger partial charge is 0.256 e. The topological polar surface area (TPSA) is 12.9 Å². The second kappa shape index (κ2) is 8.12. The molecule has 0 amide bonds. The van der Waals surface area contributed by atoms with Gasteiger partial charge in [-0.25, -0.2) is 0 Å². The summed E-state index contributed by atoms with van der Waals surface area (Å²) in [4.78, 5) is 4.49. The normalized spacial score (nSPS) is 13.6. The van der Waals surface area contributed by atoms with Gasteiger partial charge in [0.15, 0.2) is 0 Å². The molecule has 0 saturated heterocycles. The minimum Gasteiger partial charge on any atom is -0.256 e. The van der Waals surface area contributed by atoms with E-state index in [1.807, 2.05) is 18.3 Å². The van der Waals surface area contributed by atoms with E-state index in [-0.39, 0.29) is 5.41 Å². The molecule has 1 heterocycles. The Morgan fingerprint density at radius 1 is 0.487 bits per heavy atom. The maximum atomic E-state index is 4.49. The van der Waals surface area contributed by atoms with Crippen LogP contribution in [0, 0.1) is 0 Å². The number of rotatable bonds is 2. The Morgan fingerprint density at radius 3 is 1.87 bits per heavy atom. The van der Waals surface area contributed by atoms with Crippen LogP contribution in [0.1, 0.15) is 25.0 Å². The van der Waals surface area contributed by atoms with Gasteiger partial charge < -0.3 is 0 Å². The number of pyridine rings is 1. The van der Waals surface area contributed by atoms with Gasteiger partial charge in [-0.15, -0.1) is 0 Å². The molecule has 0 fully saturated rings. The lowest BCUT2D eigenvalue weighted by Crippen LogP contribution is -2.16. The highest BCUT2D eigenvalue weighted by molar-refractivity contribution is 6.19. The molecule has 0 N–H and O–H groups in total. The zero-order valence-corrected chi connectivity index (χ0v) is 22.1. The van der Waals surface area contributed by atoms with Crippen LogP contribution in [0.15, 0.2) is 128 Å². The molecule has 0 atom stereocenters. The van der Waals surface area contributed by atoms with Gasteiger partial charge in [0.1, 0.15) is 0 Å². The number of fused-ring (bicyclic) bond motifs is 10. The van der Waals surface area contributed by atoms with Crippen LogP contribution in [-0.2, 0) is 5.41 Å². The molecule has 1 aliphatic carbocycles. The van der Waals surface area contributed by atoms with E-state index >= 15 is 0 Å². The summed E-state index contributed by atoms with van der Waals surface area (Å²) >= 11 is 0. The highest BCUT2D eigenvalue weighted by Crippen LogP contribution is 2.56. The molecule has 7 aromatic rings. The maximum absolute atomic E-state index is 4.49. The van der Waals surface area contributed by atoms with Crippen LogP contribution in [-0.4, -0.2) is 4.98 Å². The molecule has 39 heavy (non-hydrogen) atoms. The van der Waals surface area contributed by atoms with Gasteiger partial charge in [-0.05, 0) is 83.9 Å². The Kier molecular flexibility index (Phi) is 4.63. The second-order valence-corrected chi connectivity index (χ2v) is 11.2. The van der Waals surface area contributed by atoms with Crippen LogP contribution >= 0.6 is 0 Å². The van der Waals surface area contributed by atoms with Crippen LogP contribution in [0.25, 0.3) is 65.8 Å². The fourth-order valence-electron chi connectivity index (χ4n) is 6.95. The minimum atomic E-state index is -0.111. The SMILES string of the molecule is CC1(C)c2c(ccc3cc(-c4ccc(-c5ccccn5)cc4)ccc23)-c2c1c1ccccc1c1ccccc21. The van der Waals surface area contributed by atoms with Crippen molar-refractivity contribution >= 4 is 32.3 Å². The Labute approximate surface area is 228 Å². The maximum Gasteiger partial charge on any atom is 0.0701 e. The summed E-state index contributed by atoms with van der Waals surface area (Å²) in [6, 6.07) is 44.3. The van der Waals surface area contributed by atoms with Gasteiger partial charge in [0, 0.05) is 17.2 Å². The Hall–Kier alpha value is -4.75. The molecule has 0 saturated carbocycles. The average molecular weight is 498 g/mol. The minimum absolute atomic E-state index is 0.111. The molecule has 0 bridgehead atoms. The van der Waals surface area contributed by atoms with Gasteiger partial charge >= 0.3 is 0 Å². The third-order valence-electron chi connectivity index (χ3n) is 8.65. The van der Waals surface area contributed by atoms with Crippen LogP contribution in [0.3, 0.4) is 0 Å². The quantitative estimate of drug-likeness (QED) is 0.217. The molecule has 1 nitrogen and oxygen atoms in total. The average Bonchev–Trinajstić information content (AvgIpc) is 3.25. The molecule has 0 unspecified atom stereocenters. The van der Waals surface area contributed by atoms with E-state index in [2.05, 4.69) is 128 Å². The zero-order valence-electron chi connectivity index (χ0n) is 22.1. The van der Waals surface area contributed by atoms with Crippen molar-refractivity contribution in [3.05, 3.63) is 139 Å². The van der Waals surface area contributed by atoms with E-state index in [4.69, 9.17) is 0 Å². The standard InChI is InChI=1S/C38H27N/c1-38(2)36-28-20-18-26(24-14-16-25(17-15-24)34-13-7-8-22-39-34)23-27(28)19-21-33(36)35-31-11-5-3-9-29(31)30-10-4-6-12-32(30)37(35)38/h3-23H,1-2H3. The first-order valence-corrected chi connectivity index (χ1v) is 13.6. The second-order valence-electron chi connectivity index (χ2n) is 11.2. The molecular weight excluding hydrogens is 470 g/mol. The van der Waals surface area contributed by atoms with Crippen molar-refractivity contribution < 1.29 is 0 Å². The fourth-order valence-corrected chi connectivity index (χ4v) is 6.95. The van der Waals surface area contributed by atoms with Crippen LogP contribution in [0.2, 0.25) is 0 Å². The van der Waals surface area contributed by atoms with Crippen molar-refractivity contribution in [1.29, 1.82) is 0 Å². The number of hydrogen-bond donors (Lipinski definition) is 0. The summed E-state index contributed by atoms with van der Waals surface area (Å²) in [7, 11) is 0. The highest BCUT2D eigenvalue weighted by atomic mass is 14.7. The summed E-state index contributed by atoms with van der Waals surface area (Å²) in [5.41, 5.74) is 10.1. The first-order valence-electron chi connectivity index (χ1n) is 13.6. The van der Waals surface area contributed by atoms with Crippen molar-refractivity contribution in [2.75, 3.05) is 0 Å². The Balaban J connectivity index is 1.31. The molecule has 1 aromatic heterocycles. The third kappa shape index (κ3) is 3.17. The molecule has 8 rings (SSSR count). The van der Waals surface area contributed by atoms with Gasteiger partial charge in [-0.3, -0.25) is 4.98 Å². The number of nitrogens with zero attached hydrogens (tertiary/aromatic N) is 1. The summed E-state index contributed by atoms with van der Waals surface area (Å²) in [6.07, 6.45) is 1.84. The Morgan fingerprint density at radius 2 is 1.13 bits per heavy atom. The first kappa shape index (κ1) is 22.3. The first-order chi connectivity index (χ1) is 19.1. The third-order valence-corrected chi connectivity index (χ3v) is 8.65. The van der Waals surface area contributed by atoms with Crippen molar-refractivity contribution in [2.24, 2.45) is 0 Å². The van der Waals surface area contributed by atoms with Crippen molar-refractivity contribution in [3.8, 4) is 33.5 Å². The predicted molar refractivity (Wildman–Crippen MR) is 165 cm³/mol. The summed E-state index contributed by atoms with van der Waals surface area (Å²) < 4.78 is 0. The van der Waals surface area contributed by atoms with Gasteiger partial charge in [-0.1, -0.05) is 117 Å². The monoisotopic (exact) mass is 497 g/mol. The number of aromatic nitrogens is 1. The number of benzene rings is 6. The lowest BCUT2D eigenvalue weighted by molar-refractivity contribution is 0.672. The van der Waals surface area contributed by atoms with Crippen LogP contribution in [0.5, 0.6) is 0 Å². The van der Waals surface area contributed by atoms with E-state index in [1.54, 1.807) is 0 Å². The fraction of sp³-hybridized carbons (Fsp3) is 0.0789. The lowest BCUT2D eigenvalue weighted by Gasteiger charge is -2.25. The van der Waals surface area contributed by atoms with Gasteiger partial charge in [0.2, 0.25) is 0 Å². The van der Waals surface area contributed by atoms with Gasteiger partial charge in [0.25, 0.3) is 0 Å². The zero-order chi connectivity index (χ0) is 26.1. The van der Waals surface area contributed by atoms with Crippen molar-refractivity contribution in [3.63, 3.8) is 0 Å². The van der Waals surface area contributed by atoms with Crippen LogP contribution in [0.4, 0.5) is 0 Å². The summed E-state index contributed by atoms with van der Waals surface area (Å²) in [5, 5.41) is 8.02.